The lowest BCUT2D eigenvalue weighted by atomic mass is 10.2. The molecular weight excluding hydrogens is 294 g/mol. The summed E-state index contributed by atoms with van der Waals surface area (Å²) >= 11 is 0. The van der Waals surface area contributed by atoms with E-state index >= 15 is 0 Å². The molecule has 0 spiro atoms. The fourth-order valence-electron chi connectivity index (χ4n) is 2.04. The highest BCUT2D eigenvalue weighted by Crippen LogP contribution is 2.10. The van der Waals surface area contributed by atoms with E-state index in [0.717, 1.165) is 36.7 Å². The summed E-state index contributed by atoms with van der Waals surface area (Å²) in [6.45, 7) is 3.30. The number of hydrogen-bond acceptors (Lipinski definition) is 5. The van der Waals surface area contributed by atoms with E-state index in [1.807, 2.05) is 31.2 Å². The summed E-state index contributed by atoms with van der Waals surface area (Å²) in [6.07, 6.45) is 1.65. The van der Waals surface area contributed by atoms with Crippen LogP contribution in [0.25, 0.3) is 0 Å². The molecule has 23 heavy (non-hydrogen) atoms. The van der Waals surface area contributed by atoms with Gasteiger partial charge in [-0.3, -0.25) is 4.99 Å². The number of aromatic nitrogens is 2. The number of methoxy groups -OCH3 is 1. The lowest BCUT2D eigenvalue weighted by Gasteiger charge is -2.11. The summed E-state index contributed by atoms with van der Waals surface area (Å²) in [6, 6.07) is 7.94. The zero-order valence-corrected chi connectivity index (χ0v) is 13.8. The molecule has 7 nitrogen and oxygen atoms in total. The molecule has 7 heteroatoms. The van der Waals surface area contributed by atoms with Crippen LogP contribution in [0.1, 0.15) is 23.7 Å². The molecule has 0 aliphatic carbocycles. The topological polar surface area (TPSA) is 84.6 Å². The van der Waals surface area contributed by atoms with Crippen molar-refractivity contribution in [2.45, 2.75) is 26.3 Å². The molecule has 0 atom stereocenters. The molecule has 2 rings (SSSR count). The van der Waals surface area contributed by atoms with Gasteiger partial charge in [0.1, 0.15) is 5.75 Å². The van der Waals surface area contributed by atoms with E-state index in [2.05, 4.69) is 25.8 Å². The highest BCUT2D eigenvalue weighted by atomic mass is 16.5. The molecule has 0 fully saturated rings. The maximum atomic E-state index is 5.15. The third-order valence-electron chi connectivity index (χ3n) is 3.27. The molecule has 1 aromatic heterocycles. The molecule has 124 valence electrons. The number of ether oxygens (including phenoxy) is 1. The molecule has 0 unspecified atom stereocenters. The van der Waals surface area contributed by atoms with Gasteiger partial charge in [0.15, 0.2) is 11.8 Å². The van der Waals surface area contributed by atoms with Crippen LogP contribution >= 0.6 is 0 Å². The van der Waals surface area contributed by atoms with Crippen LogP contribution in [0.3, 0.4) is 0 Å². The van der Waals surface area contributed by atoms with Crippen molar-refractivity contribution in [1.82, 2.24) is 20.8 Å². The number of hydrogen-bond donors (Lipinski definition) is 2. The average molecular weight is 317 g/mol. The summed E-state index contributed by atoms with van der Waals surface area (Å²) in [5, 5.41) is 10.3. The number of aryl methyl sites for hydroxylation is 2. The third-order valence-corrected chi connectivity index (χ3v) is 3.27. The van der Waals surface area contributed by atoms with E-state index in [4.69, 9.17) is 9.26 Å². The van der Waals surface area contributed by atoms with Gasteiger partial charge in [-0.15, -0.1) is 0 Å². The largest absolute Gasteiger partial charge is 0.497 e. The van der Waals surface area contributed by atoms with Gasteiger partial charge in [0.25, 0.3) is 0 Å². The zero-order valence-electron chi connectivity index (χ0n) is 13.8. The van der Waals surface area contributed by atoms with Gasteiger partial charge in [0.2, 0.25) is 5.89 Å². The molecule has 0 saturated heterocycles. The summed E-state index contributed by atoms with van der Waals surface area (Å²) in [5.74, 6) is 2.96. The smallest absolute Gasteiger partial charge is 0.226 e. The fraction of sp³-hybridized carbons (Fsp3) is 0.438. The molecule has 0 radical (unpaired) electrons. The van der Waals surface area contributed by atoms with E-state index in [1.54, 1.807) is 14.2 Å². The maximum absolute atomic E-state index is 5.15. The standard InChI is InChI=1S/C16H23N5O2/c1-12-20-15(23-21-12)5-4-10-18-16(17-2)19-11-13-6-8-14(22-3)9-7-13/h6-9H,4-5,10-11H2,1-3H3,(H2,17,18,19). The first-order valence-electron chi connectivity index (χ1n) is 7.58. The Morgan fingerprint density at radius 3 is 2.65 bits per heavy atom. The van der Waals surface area contributed by atoms with Crippen LogP contribution in [-0.2, 0) is 13.0 Å². The summed E-state index contributed by atoms with van der Waals surface area (Å²) in [4.78, 5) is 8.38. The van der Waals surface area contributed by atoms with Crippen LogP contribution in [0.2, 0.25) is 0 Å². The lowest BCUT2D eigenvalue weighted by Crippen LogP contribution is -2.37. The Hall–Kier alpha value is -2.57. The van der Waals surface area contributed by atoms with Crippen molar-refractivity contribution in [2.75, 3.05) is 20.7 Å². The van der Waals surface area contributed by atoms with Crippen molar-refractivity contribution in [2.24, 2.45) is 4.99 Å². The van der Waals surface area contributed by atoms with Crippen LogP contribution in [0, 0.1) is 6.92 Å². The summed E-state index contributed by atoms with van der Waals surface area (Å²) in [7, 11) is 3.42. The minimum atomic E-state index is 0.671. The quantitative estimate of drug-likeness (QED) is 0.459. The van der Waals surface area contributed by atoms with Gasteiger partial charge in [-0.1, -0.05) is 17.3 Å². The van der Waals surface area contributed by atoms with Crippen LogP contribution in [-0.4, -0.2) is 36.8 Å². The highest BCUT2D eigenvalue weighted by Gasteiger charge is 2.03. The number of aliphatic imine (C=N–C) groups is 1. The maximum Gasteiger partial charge on any atom is 0.226 e. The third kappa shape index (κ3) is 5.61. The molecule has 1 heterocycles. The minimum Gasteiger partial charge on any atom is -0.497 e. The second-order valence-corrected chi connectivity index (χ2v) is 5.04. The van der Waals surface area contributed by atoms with Crippen molar-refractivity contribution < 1.29 is 9.26 Å². The minimum absolute atomic E-state index is 0.671. The van der Waals surface area contributed by atoms with Crippen molar-refractivity contribution >= 4 is 5.96 Å². The first kappa shape index (κ1) is 16.8. The van der Waals surface area contributed by atoms with E-state index in [-0.39, 0.29) is 0 Å². The first-order chi connectivity index (χ1) is 11.2. The van der Waals surface area contributed by atoms with E-state index in [1.165, 1.54) is 0 Å². The number of rotatable bonds is 7. The molecule has 2 N–H and O–H groups in total. The molecule has 0 bridgehead atoms. The van der Waals surface area contributed by atoms with Gasteiger partial charge < -0.3 is 19.9 Å². The van der Waals surface area contributed by atoms with Crippen molar-refractivity contribution in [3.63, 3.8) is 0 Å². The van der Waals surface area contributed by atoms with Crippen molar-refractivity contribution in [3.8, 4) is 5.75 Å². The monoisotopic (exact) mass is 317 g/mol. The fourth-order valence-corrected chi connectivity index (χ4v) is 2.04. The molecular formula is C16H23N5O2. The molecule has 0 aliphatic heterocycles. The normalized spacial score (nSPS) is 11.3. The summed E-state index contributed by atoms with van der Waals surface area (Å²) in [5.41, 5.74) is 1.16. The van der Waals surface area contributed by atoms with E-state index in [0.29, 0.717) is 18.3 Å². The Bertz CT molecular complexity index is 622. The van der Waals surface area contributed by atoms with Gasteiger partial charge in [-0.05, 0) is 31.0 Å². The average Bonchev–Trinajstić information content (AvgIpc) is 3.00. The predicted molar refractivity (Wildman–Crippen MR) is 88.6 cm³/mol. The molecule has 1 aromatic carbocycles. The van der Waals surface area contributed by atoms with Crippen LogP contribution in [0.4, 0.5) is 0 Å². The van der Waals surface area contributed by atoms with E-state index < -0.39 is 0 Å². The Kier molecular flexibility index (Phi) is 6.40. The Balaban J connectivity index is 1.68. The zero-order chi connectivity index (χ0) is 16.5. The highest BCUT2D eigenvalue weighted by molar-refractivity contribution is 5.79. The summed E-state index contributed by atoms with van der Waals surface area (Å²) < 4.78 is 10.2. The van der Waals surface area contributed by atoms with Crippen LogP contribution in [0.15, 0.2) is 33.8 Å². The van der Waals surface area contributed by atoms with Crippen molar-refractivity contribution in [1.29, 1.82) is 0 Å². The molecule has 2 aromatic rings. The number of nitrogens with zero attached hydrogens (tertiary/aromatic N) is 3. The van der Waals surface area contributed by atoms with Crippen molar-refractivity contribution in [3.05, 3.63) is 41.5 Å². The Morgan fingerprint density at radius 2 is 2.04 bits per heavy atom. The number of guanidine groups is 1. The first-order valence-corrected chi connectivity index (χ1v) is 7.58. The number of benzene rings is 1. The van der Waals surface area contributed by atoms with Crippen LogP contribution in [0.5, 0.6) is 5.75 Å². The second-order valence-electron chi connectivity index (χ2n) is 5.04. The Labute approximate surface area is 136 Å². The van der Waals surface area contributed by atoms with E-state index in [9.17, 15) is 0 Å². The predicted octanol–water partition coefficient (Wildman–Crippen LogP) is 1.68. The Morgan fingerprint density at radius 1 is 1.26 bits per heavy atom. The van der Waals surface area contributed by atoms with Gasteiger partial charge in [-0.2, -0.15) is 4.98 Å². The SMILES string of the molecule is CN=C(NCCCc1nc(C)no1)NCc1ccc(OC)cc1. The molecule has 0 aliphatic rings. The van der Waals surface area contributed by atoms with Crippen LogP contribution < -0.4 is 15.4 Å². The van der Waals surface area contributed by atoms with Gasteiger partial charge in [0.05, 0.1) is 7.11 Å². The lowest BCUT2D eigenvalue weighted by molar-refractivity contribution is 0.372. The number of nitrogens with one attached hydrogen (secondary N) is 2. The molecule has 0 saturated carbocycles. The second kappa shape index (κ2) is 8.77. The van der Waals surface area contributed by atoms with Gasteiger partial charge in [-0.25, -0.2) is 0 Å². The van der Waals surface area contributed by atoms with Gasteiger partial charge >= 0.3 is 0 Å². The van der Waals surface area contributed by atoms with Gasteiger partial charge in [0, 0.05) is 26.6 Å². The molecule has 0 amide bonds.